The van der Waals surface area contributed by atoms with E-state index in [2.05, 4.69) is 5.32 Å². The zero-order valence-electron chi connectivity index (χ0n) is 11.7. The average molecular weight is 275 g/mol. The summed E-state index contributed by atoms with van der Waals surface area (Å²) in [5.74, 6) is -0.452. The van der Waals surface area contributed by atoms with Gasteiger partial charge in [0.15, 0.2) is 0 Å². The number of rotatable bonds is 4. The van der Waals surface area contributed by atoms with E-state index in [4.69, 9.17) is 9.15 Å². The molecule has 1 heterocycles. The fourth-order valence-electron chi connectivity index (χ4n) is 1.99. The zero-order valence-corrected chi connectivity index (χ0v) is 11.7. The molecule has 1 N–H and O–H groups in total. The van der Waals surface area contributed by atoms with Crippen LogP contribution in [-0.4, -0.2) is 25.7 Å². The molecule has 0 spiro atoms. The summed E-state index contributed by atoms with van der Waals surface area (Å²) in [7, 11) is 1.55. The van der Waals surface area contributed by atoms with E-state index >= 15 is 0 Å². The highest BCUT2D eigenvalue weighted by molar-refractivity contribution is 5.96. The molecule has 1 amide bonds. The van der Waals surface area contributed by atoms with Crippen molar-refractivity contribution in [3.05, 3.63) is 45.8 Å². The number of methoxy groups -OCH3 is 1. The molecule has 1 aromatic carbocycles. The van der Waals surface area contributed by atoms with Crippen molar-refractivity contribution in [2.45, 2.75) is 19.9 Å². The molecule has 0 radical (unpaired) electrons. The van der Waals surface area contributed by atoms with Gasteiger partial charge < -0.3 is 14.5 Å². The quantitative estimate of drug-likeness (QED) is 0.865. The molecule has 106 valence electrons. The van der Waals surface area contributed by atoms with Gasteiger partial charge in [0.25, 0.3) is 5.91 Å². The van der Waals surface area contributed by atoms with E-state index in [0.717, 1.165) is 10.9 Å². The Morgan fingerprint density at radius 2 is 2.15 bits per heavy atom. The lowest BCUT2D eigenvalue weighted by Crippen LogP contribution is -2.37. The van der Waals surface area contributed by atoms with Gasteiger partial charge in [-0.3, -0.25) is 4.79 Å². The van der Waals surface area contributed by atoms with Gasteiger partial charge in [-0.2, -0.15) is 0 Å². The SMILES string of the molecule is COC[C@H](C)NC(=O)c1cc2cc(C)ccc2oc1=O. The molecule has 0 saturated heterocycles. The molecule has 0 aliphatic rings. The third-order valence-electron chi connectivity index (χ3n) is 2.93. The first-order valence-electron chi connectivity index (χ1n) is 6.35. The van der Waals surface area contributed by atoms with Gasteiger partial charge in [-0.05, 0) is 32.0 Å². The lowest BCUT2D eigenvalue weighted by molar-refractivity contribution is 0.0902. The fourth-order valence-corrected chi connectivity index (χ4v) is 1.99. The number of hydrogen-bond acceptors (Lipinski definition) is 4. The summed E-state index contributed by atoms with van der Waals surface area (Å²) in [5, 5.41) is 3.42. The minimum atomic E-state index is -0.636. The van der Waals surface area contributed by atoms with Gasteiger partial charge in [-0.25, -0.2) is 4.79 Å². The zero-order chi connectivity index (χ0) is 14.7. The van der Waals surface area contributed by atoms with E-state index in [1.54, 1.807) is 26.2 Å². The van der Waals surface area contributed by atoms with Crippen molar-refractivity contribution in [3.8, 4) is 0 Å². The van der Waals surface area contributed by atoms with Crippen LogP contribution in [0.25, 0.3) is 11.0 Å². The maximum Gasteiger partial charge on any atom is 0.349 e. The van der Waals surface area contributed by atoms with Crippen LogP contribution in [0, 0.1) is 6.92 Å². The Bertz CT molecular complexity index is 690. The summed E-state index contributed by atoms with van der Waals surface area (Å²) < 4.78 is 10.1. The predicted molar refractivity (Wildman–Crippen MR) is 76.0 cm³/mol. The van der Waals surface area contributed by atoms with Crippen LogP contribution in [-0.2, 0) is 4.74 Å². The van der Waals surface area contributed by atoms with Crippen LogP contribution in [0.4, 0.5) is 0 Å². The molecule has 2 aromatic rings. The van der Waals surface area contributed by atoms with E-state index in [1.807, 2.05) is 19.1 Å². The van der Waals surface area contributed by atoms with Crippen molar-refractivity contribution >= 4 is 16.9 Å². The van der Waals surface area contributed by atoms with Crippen molar-refractivity contribution in [2.75, 3.05) is 13.7 Å². The number of carbonyl (C=O) groups is 1. The van der Waals surface area contributed by atoms with Crippen molar-refractivity contribution in [1.29, 1.82) is 0 Å². The molecule has 0 fully saturated rings. The van der Waals surface area contributed by atoms with Crippen molar-refractivity contribution in [3.63, 3.8) is 0 Å². The summed E-state index contributed by atoms with van der Waals surface area (Å²) >= 11 is 0. The van der Waals surface area contributed by atoms with Crippen molar-refractivity contribution < 1.29 is 13.9 Å². The number of aryl methyl sites for hydroxylation is 1. The first-order valence-corrected chi connectivity index (χ1v) is 6.35. The smallest absolute Gasteiger partial charge is 0.349 e. The number of hydrogen-bond donors (Lipinski definition) is 1. The largest absolute Gasteiger partial charge is 0.422 e. The van der Waals surface area contributed by atoms with Gasteiger partial charge >= 0.3 is 5.63 Å². The first kappa shape index (κ1) is 14.3. The Labute approximate surface area is 116 Å². The first-order chi connectivity index (χ1) is 9.51. The van der Waals surface area contributed by atoms with Crippen LogP contribution in [0.1, 0.15) is 22.8 Å². The third-order valence-corrected chi connectivity index (χ3v) is 2.93. The molecule has 0 aliphatic carbocycles. The number of carbonyl (C=O) groups excluding carboxylic acids is 1. The summed E-state index contributed by atoms with van der Waals surface area (Å²) in [5.41, 5.74) is 0.877. The van der Waals surface area contributed by atoms with Crippen LogP contribution in [0.15, 0.2) is 33.5 Å². The van der Waals surface area contributed by atoms with Gasteiger partial charge in [-0.15, -0.1) is 0 Å². The number of amides is 1. The summed E-state index contributed by atoms with van der Waals surface area (Å²) in [4.78, 5) is 23.9. The van der Waals surface area contributed by atoms with Crippen LogP contribution < -0.4 is 10.9 Å². The molecule has 20 heavy (non-hydrogen) atoms. The molecule has 5 heteroatoms. The van der Waals surface area contributed by atoms with Crippen LogP contribution in [0.5, 0.6) is 0 Å². The van der Waals surface area contributed by atoms with Gasteiger partial charge in [0.05, 0.1) is 6.61 Å². The van der Waals surface area contributed by atoms with Crippen molar-refractivity contribution in [1.82, 2.24) is 5.32 Å². The molecular weight excluding hydrogens is 258 g/mol. The Morgan fingerprint density at radius 3 is 2.85 bits per heavy atom. The van der Waals surface area contributed by atoms with Crippen LogP contribution in [0.2, 0.25) is 0 Å². The predicted octanol–water partition coefficient (Wildman–Crippen LogP) is 1.87. The Morgan fingerprint density at radius 1 is 1.40 bits per heavy atom. The summed E-state index contributed by atoms with van der Waals surface area (Å²) in [6.45, 7) is 4.11. The maximum atomic E-state index is 12.1. The standard InChI is InChI=1S/C15H17NO4/c1-9-4-5-13-11(6-9)7-12(15(18)20-13)14(17)16-10(2)8-19-3/h4-7,10H,8H2,1-3H3,(H,16,17)/t10-/m0/s1. The highest BCUT2D eigenvalue weighted by Crippen LogP contribution is 2.15. The lowest BCUT2D eigenvalue weighted by Gasteiger charge is -2.12. The topological polar surface area (TPSA) is 68.5 Å². The second-order valence-corrected chi connectivity index (χ2v) is 4.82. The molecule has 0 bridgehead atoms. The lowest BCUT2D eigenvalue weighted by atomic mass is 10.1. The molecule has 1 aromatic heterocycles. The van der Waals surface area contributed by atoms with Crippen LogP contribution in [0.3, 0.4) is 0 Å². The molecule has 2 rings (SSSR count). The third kappa shape index (κ3) is 3.05. The van der Waals surface area contributed by atoms with E-state index < -0.39 is 11.5 Å². The van der Waals surface area contributed by atoms with E-state index in [-0.39, 0.29) is 11.6 Å². The minimum Gasteiger partial charge on any atom is -0.422 e. The highest BCUT2D eigenvalue weighted by Gasteiger charge is 2.15. The number of fused-ring (bicyclic) bond motifs is 1. The Kier molecular flexibility index (Phi) is 4.20. The normalized spacial score (nSPS) is 12.3. The maximum absolute atomic E-state index is 12.1. The fraction of sp³-hybridized carbons (Fsp3) is 0.333. The average Bonchev–Trinajstić information content (AvgIpc) is 2.38. The Hall–Kier alpha value is -2.14. The monoisotopic (exact) mass is 275 g/mol. The molecule has 5 nitrogen and oxygen atoms in total. The van der Waals surface area contributed by atoms with Gasteiger partial charge in [0.1, 0.15) is 11.1 Å². The van der Waals surface area contributed by atoms with Gasteiger partial charge in [-0.1, -0.05) is 11.6 Å². The van der Waals surface area contributed by atoms with E-state index in [1.165, 1.54) is 0 Å². The number of nitrogens with one attached hydrogen (secondary N) is 1. The summed E-state index contributed by atoms with van der Waals surface area (Å²) in [6.07, 6.45) is 0. The van der Waals surface area contributed by atoms with Crippen molar-refractivity contribution in [2.24, 2.45) is 0 Å². The minimum absolute atomic E-state index is 0.00560. The molecule has 0 saturated carbocycles. The second-order valence-electron chi connectivity index (χ2n) is 4.82. The molecular formula is C15H17NO4. The molecule has 0 unspecified atom stereocenters. The van der Waals surface area contributed by atoms with Gasteiger partial charge in [0.2, 0.25) is 0 Å². The Balaban J connectivity index is 2.36. The number of ether oxygens (including phenoxy) is 1. The van der Waals surface area contributed by atoms with Gasteiger partial charge in [0, 0.05) is 18.5 Å². The summed E-state index contributed by atoms with van der Waals surface area (Å²) in [6, 6.07) is 6.82. The highest BCUT2D eigenvalue weighted by atomic mass is 16.5. The van der Waals surface area contributed by atoms with E-state index in [0.29, 0.717) is 12.2 Å². The molecule has 1 atom stereocenters. The van der Waals surface area contributed by atoms with E-state index in [9.17, 15) is 9.59 Å². The number of benzene rings is 1. The molecule has 0 aliphatic heterocycles. The second kappa shape index (κ2) is 5.88. The van der Waals surface area contributed by atoms with Crippen LogP contribution >= 0.6 is 0 Å².